The van der Waals surface area contributed by atoms with Crippen LogP contribution in [0, 0.1) is 0 Å². The van der Waals surface area contributed by atoms with Gasteiger partial charge in [-0.3, -0.25) is 0 Å². The number of aryl methyl sites for hydroxylation is 1. The van der Waals surface area contributed by atoms with Gasteiger partial charge in [-0.05, 0) is 53.8 Å². The summed E-state index contributed by atoms with van der Waals surface area (Å²) < 4.78 is 27.7. The number of nitrogens with zero attached hydrogens (tertiary/aromatic N) is 3. The zero-order chi connectivity index (χ0) is 26.5. The fourth-order valence-corrected chi connectivity index (χ4v) is 4.81. The molecule has 0 fully saturated rings. The quantitative estimate of drug-likeness (QED) is 0.162. The number of aromatic nitrogens is 3. The number of allylic oxidation sites excluding steroid dienone is 1. The Kier molecular flexibility index (Phi) is 7.81. The van der Waals surface area contributed by atoms with Crippen LogP contribution in [0.1, 0.15) is 29.9 Å². The van der Waals surface area contributed by atoms with Gasteiger partial charge in [0.25, 0.3) is 0 Å². The molecule has 3 heterocycles. The van der Waals surface area contributed by atoms with Crippen LogP contribution in [-0.2, 0) is 6.42 Å². The number of unbranched alkanes of at least 4 members (excludes halogenated alkanes) is 1. The number of benzene rings is 2. The molecule has 0 amide bonds. The molecule has 0 bridgehead atoms. The molecule has 0 radical (unpaired) electrons. The lowest BCUT2D eigenvalue weighted by Gasteiger charge is -2.16. The first kappa shape index (κ1) is 25.6. The predicted molar refractivity (Wildman–Crippen MR) is 144 cm³/mol. The molecular weight excluding hydrogens is 529 g/mol. The van der Waals surface area contributed by atoms with Gasteiger partial charge in [0.05, 0.1) is 54.0 Å². The minimum atomic E-state index is 0.391. The van der Waals surface area contributed by atoms with Crippen molar-refractivity contribution in [3.05, 3.63) is 94.8 Å². The van der Waals surface area contributed by atoms with Gasteiger partial charge < -0.3 is 22.7 Å². The monoisotopic (exact) mass is 551 g/mol. The van der Waals surface area contributed by atoms with Crippen molar-refractivity contribution >= 4 is 28.8 Å². The summed E-state index contributed by atoms with van der Waals surface area (Å²) in [5, 5.41) is 0.827. The van der Waals surface area contributed by atoms with Crippen molar-refractivity contribution in [1.82, 2.24) is 15.0 Å². The smallest absolute Gasteiger partial charge is 0.229 e. The number of ether oxygens (including phenoxy) is 2. The minimum Gasteiger partial charge on any atom is -0.494 e. The standard InChI is InChI=1S/C28H23Cl2N3O5/c1-34-25-20(27-32-8-11-37-27)13-17(15-22(25)29)19(5-3-4-6-24-31-7-10-36-24)18-14-21(28-33-9-12-38-28)26(35-2)23(30)16-18/h5,7-16H,3-4,6H2,1-2H3. The molecule has 5 aromatic rings. The van der Waals surface area contributed by atoms with Crippen LogP contribution in [0.2, 0.25) is 10.0 Å². The lowest BCUT2D eigenvalue weighted by Crippen LogP contribution is -1.97. The summed E-state index contributed by atoms with van der Waals surface area (Å²) >= 11 is 13.4. The first-order valence-corrected chi connectivity index (χ1v) is 12.5. The van der Waals surface area contributed by atoms with E-state index in [9.17, 15) is 0 Å². The molecule has 3 aromatic heterocycles. The van der Waals surface area contributed by atoms with Gasteiger partial charge in [0.2, 0.25) is 11.8 Å². The second-order valence-electron chi connectivity index (χ2n) is 8.19. The number of oxazole rings is 3. The number of halogens is 2. The first-order valence-electron chi connectivity index (χ1n) is 11.7. The van der Waals surface area contributed by atoms with Crippen LogP contribution in [0.15, 0.2) is 81.0 Å². The van der Waals surface area contributed by atoms with Crippen molar-refractivity contribution in [1.29, 1.82) is 0 Å². The van der Waals surface area contributed by atoms with Gasteiger partial charge in [0.15, 0.2) is 5.89 Å². The second kappa shape index (κ2) is 11.6. The Morgan fingerprint density at radius 2 is 1.29 bits per heavy atom. The normalized spacial score (nSPS) is 10.9. The molecule has 194 valence electrons. The van der Waals surface area contributed by atoms with Crippen LogP contribution in [0.25, 0.3) is 28.5 Å². The zero-order valence-electron chi connectivity index (χ0n) is 20.6. The van der Waals surface area contributed by atoms with Gasteiger partial charge in [-0.25, -0.2) is 15.0 Å². The molecule has 0 aliphatic carbocycles. The number of methoxy groups -OCH3 is 2. The third-order valence-electron chi connectivity index (χ3n) is 5.87. The molecular formula is C28H23Cl2N3O5. The van der Waals surface area contributed by atoms with Crippen LogP contribution >= 0.6 is 23.2 Å². The molecule has 38 heavy (non-hydrogen) atoms. The highest BCUT2D eigenvalue weighted by atomic mass is 35.5. The summed E-state index contributed by atoms with van der Waals surface area (Å²) in [7, 11) is 3.11. The minimum absolute atomic E-state index is 0.391. The Labute approximate surface area is 228 Å². The molecule has 0 N–H and O–H groups in total. The van der Waals surface area contributed by atoms with Crippen LogP contribution in [0.4, 0.5) is 0 Å². The zero-order valence-corrected chi connectivity index (χ0v) is 22.1. The molecule has 0 atom stereocenters. The molecule has 0 saturated carbocycles. The molecule has 0 aliphatic heterocycles. The van der Waals surface area contributed by atoms with Crippen molar-refractivity contribution in [2.45, 2.75) is 19.3 Å². The SMILES string of the molecule is COc1c(Cl)cc(C(=CCCCc2ncco2)c2cc(Cl)c(OC)c(-c3ncco3)c2)cc1-c1ncco1. The van der Waals surface area contributed by atoms with E-state index >= 15 is 0 Å². The Morgan fingerprint density at radius 3 is 1.74 bits per heavy atom. The summed E-state index contributed by atoms with van der Waals surface area (Å²) in [4.78, 5) is 12.8. The topological polar surface area (TPSA) is 96.6 Å². The number of hydrogen-bond donors (Lipinski definition) is 0. The summed E-state index contributed by atoms with van der Waals surface area (Å²) in [5.41, 5.74) is 3.77. The summed E-state index contributed by atoms with van der Waals surface area (Å²) in [6.07, 6.45) is 13.7. The van der Waals surface area contributed by atoms with E-state index in [1.807, 2.05) is 24.3 Å². The average Bonchev–Trinajstić information content (AvgIpc) is 3.71. The van der Waals surface area contributed by atoms with Gasteiger partial charge in [-0.1, -0.05) is 29.3 Å². The van der Waals surface area contributed by atoms with Crippen LogP contribution in [0.3, 0.4) is 0 Å². The largest absolute Gasteiger partial charge is 0.494 e. The fraction of sp³-hybridized carbons (Fsp3) is 0.179. The van der Waals surface area contributed by atoms with E-state index < -0.39 is 0 Å². The highest BCUT2D eigenvalue weighted by Gasteiger charge is 2.21. The first-order chi connectivity index (χ1) is 18.6. The van der Waals surface area contributed by atoms with Crippen LogP contribution in [-0.4, -0.2) is 29.2 Å². The van der Waals surface area contributed by atoms with Gasteiger partial charge in [0.1, 0.15) is 30.3 Å². The maximum atomic E-state index is 6.69. The Hall–Kier alpha value is -4.01. The fourth-order valence-electron chi connectivity index (χ4n) is 4.22. The predicted octanol–water partition coefficient (Wildman–Crippen LogP) is 7.76. The Bertz CT molecular complexity index is 1440. The second-order valence-corrected chi connectivity index (χ2v) is 9.00. The van der Waals surface area contributed by atoms with Crippen molar-refractivity contribution in [3.63, 3.8) is 0 Å². The van der Waals surface area contributed by atoms with Gasteiger partial charge >= 0.3 is 0 Å². The molecule has 8 nitrogen and oxygen atoms in total. The Morgan fingerprint density at radius 1 is 0.763 bits per heavy atom. The highest BCUT2D eigenvalue weighted by Crippen LogP contribution is 2.43. The lowest BCUT2D eigenvalue weighted by molar-refractivity contribution is 0.414. The van der Waals surface area contributed by atoms with Crippen molar-refractivity contribution in [2.24, 2.45) is 0 Å². The van der Waals surface area contributed by atoms with Crippen molar-refractivity contribution < 1.29 is 22.7 Å². The summed E-state index contributed by atoms with van der Waals surface area (Å²) in [6, 6.07) is 7.55. The number of rotatable bonds is 10. The van der Waals surface area contributed by atoms with Gasteiger partial charge in [-0.15, -0.1) is 0 Å². The molecule has 0 aliphatic rings. The summed E-state index contributed by atoms with van der Waals surface area (Å²) in [5.74, 6) is 2.41. The number of hydrogen-bond acceptors (Lipinski definition) is 8. The van der Waals surface area contributed by atoms with E-state index in [1.54, 1.807) is 39.1 Å². The maximum Gasteiger partial charge on any atom is 0.229 e. The molecule has 0 spiro atoms. The molecule has 0 saturated heterocycles. The van der Waals surface area contributed by atoms with E-state index in [-0.39, 0.29) is 0 Å². The average molecular weight is 552 g/mol. The van der Waals surface area contributed by atoms with E-state index in [2.05, 4.69) is 21.0 Å². The van der Waals surface area contributed by atoms with Crippen LogP contribution in [0.5, 0.6) is 11.5 Å². The van der Waals surface area contributed by atoms with Crippen molar-refractivity contribution in [2.75, 3.05) is 14.2 Å². The molecule has 5 rings (SSSR count). The van der Waals surface area contributed by atoms with Gasteiger partial charge in [0, 0.05) is 6.42 Å². The summed E-state index contributed by atoms with van der Waals surface area (Å²) in [6.45, 7) is 0. The molecule has 10 heteroatoms. The Balaban J connectivity index is 1.63. The third kappa shape index (κ3) is 5.32. The van der Waals surface area contributed by atoms with Crippen LogP contribution < -0.4 is 9.47 Å². The molecule has 0 unspecified atom stereocenters. The van der Waals surface area contributed by atoms with Gasteiger partial charge in [-0.2, -0.15) is 0 Å². The van der Waals surface area contributed by atoms with Crippen molar-refractivity contribution in [3.8, 4) is 34.4 Å². The third-order valence-corrected chi connectivity index (χ3v) is 6.43. The highest BCUT2D eigenvalue weighted by molar-refractivity contribution is 6.33. The van der Waals surface area contributed by atoms with E-state index in [0.29, 0.717) is 56.8 Å². The molecule has 2 aromatic carbocycles. The van der Waals surface area contributed by atoms with E-state index in [4.69, 9.17) is 45.9 Å². The van der Waals surface area contributed by atoms with E-state index in [1.165, 1.54) is 12.5 Å². The lowest BCUT2D eigenvalue weighted by atomic mass is 9.93. The maximum absolute atomic E-state index is 6.69. The van der Waals surface area contributed by atoms with E-state index in [0.717, 1.165) is 29.5 Å².